The minimum Gasteiger partial charge on any atom is -0.382 e. The topological polar surface area (TPSA) is 24.4 Å². The maximum absolute atomic E-state index is 4.62. The Bertz CT molecular complexity index is 583. The highest BCUT2D eigenvalue weighted by molar-refractivity contribution is 8.14. The fraction of sp³-hybridized carbons (Fsp3) is 0.471. The lowest BCUT2D eigenvalue weighted by Crippen LogP contribution is -2.15. The van der Waals surface area contributed by atoms with Gasteiger partial charge in [0.05, 0.1) is 5.04 Å². The van der Waals surface area contributed by atoms with Crippen LogP contribution in [0.4, 0.5) is 5.69 Å². The molecule has 1 saturated carbocycles. The third-order valence-corrected chi connectivity index (χ3v) is 5.54. The van der Waals surface area contributed by atoms with Gasteiger partial charge in [0.25, 0.3) is 0 Å². The molecule has 0 unspecified atom stereocenters. The van der Waals surface area contributed by atoms with Crippen molar-refractivity contribution in [2.75, 3.05) is 17.6 Å². The second-order valence-electron chi connectivity index (χ2n) is 5.88. The van der Waals surface area contributed by atoms with Crippen molar-refractivity contribution in [3.63, 3.8) is 0 Å². The molecule has 0 radical (unpaired) electrons. The molecule has 4 rings (SSSR count). The van der Waals surface area contributed by atoms with Crippen LogP contribution in [0.15, 0.2) is 28.8 Å². The van der Waals surface area contributed by atoms with Gasteiger partial charge in [-0.15, -0.1) is 11.8 Å². The summed E-state index contributed by atoms with van der Waals surface area (Å²) in [6.45, 7) is 0.987. The first-order chi connectivity index (χ1) is 9.90. The molecule has 0 atom stereocenters. The molecule has 1 heterocycles. The Labute approximate surface area is 124 Å². The minimum atomic E-state index is 0.684. The summed E-state index contributed by atoms with van der Waals surface area (Å²) in [5.74, 6) is 1.15. The molecule has 0 bridgehead atoms. The Hall–Kier alpha value is -1.22. The van der Waals surface area contributed by atoms with E-state index in [1.807, 2.05) is 11.8 Å². The van der Waals surface area contributed by atoms with Crippen molar-refractivity contribution in [3.05, 3.63) is 34.9 Å². The second-order valence-corrected chi connectivity index (χ2v) is 6.96. The van der Waals surface area contributed by atoms with Gasteiger partial charge >= 0.3 is 0 Å². The Kier molecular flexibility index (Phi) is 3.31. The predicted octanol–water partition coefficient (Wildman–Crippen LogP) is 4.13. The molecule has 1 N–H and O–H groups in total. The van der Waals surface area contributed by atoms with Gasteiger partial charge in [0.2, 0.25) is 0 Å². The van der Waals surface area contributed by atoms with Gasteiger partial charge in [-0.05, 0) is 41.7 Å². The normalized spacial score (nSPS) is 21.8. The molecule has 0 spiro atoms. The summed E-state index contributed by atoms with van der Waals surface area (Å²) in [4.78, 5) is 4.62. The average molecular weight is 284 g/mol. The summed E-state index contributed by atoms with van der Waals surface area (Å²) in [6, 6.07) is 7.35. The number of fused-ring (bicyclic) bond motifs is 1. The zero-order valence-electron chi connectivity index (χ0n) is 11.7. The van der Waals surface area contributed by atoms with E-state index in [-0.39, 0.29) is 0 Å². The Balaban J connectivity index is 1.57. The average Bonchev–Trinajstić information content (AvgIpc) is 3.20. The monoisotopic (exact) mass is 284 g/mol. The van der Waals surface area contributed by atoms with Crippen molar-refractivity contribution in [1.29, 1.82) is 0 Å². The number of hydrogen-bond acceptors (Lipinski definition) is 3. The van der Waals surface area contributed by atoms with E-state index in [1.54, 1.807) is 0 Å². The standard InChI is InChI=1S/C17H20N2S/c1-2-6-14(5-1)19-16-7-3-4-12-10-13(11-15(12)16)17-18-8-9-20-17/h3-4,7,10,14,19H,1-2,5-6,8-9,11H2. The largest absolute Gasteiger partial charge is 0.382 e. The SMILES string of the molecule is C1=C(C2=NCCS2)Cc2c1cccc2NC1CCCC1. The molecule has 104 valence electrons. The van der Waals surface area contributed by atoms with Crippen LogP contribution >= 0.6 is 11.8 Å². The van der Waals surface area contributed by atoms with Crippen molar-refractivity contribution >= 4 is 28.6 Å². The first kappa shape index (κ1) is 12.5. The van der Waals surface area contributed by atoms with Crippen LogP contribution in [0.3, 0.4) is 0 Å². The van der Waals surface area contributed by atoms with Crippen molar-refractivity contribution in [1.82, 2.24) is 0 Å². The molecule has 3 heteroatoms. The van der Waals surface area contributed by atoms with Crippen molar-refractivity contribution in [3.8, 4) is 0 Å². The van der Waals surface area contributed by atoms with Gasteiger partial charge in [-0.1, -0.05) is 25.0 Å². The minimum absolute atomic E-state index is 0.684. The molecule has 20 heavy (non-hydrogen) atoms. The molecule has 1 fully saturated rings. The number of benzene rings is 1. The van der Waals surface area contributed by atoms with E-state index in [1.165, 1.54) is 53.1 Å². The van der Waals surface area contributed by atoms with Crippen LogP contribution < -0.4 is 5.32 Å². The third-order valence-electron chi connectivity index (χ3n) is 4.48. The Morgan fingerprint density at radius 2 is 2.10 bits per heavy atom. The van der Waals surface area contributed by atoms with Gasteiger partial charge < -0.3 is 5.32 Å². The number of rotatable bonds is 3. The van der Waals surface area contributed by atoms with Gasteiger partial charge in [0, 0.05) is 30.4 Å². The summed E-state index contributed by atoms with van der Waals surface area (Å²) in [7, 11) is 0. The lowest BCUT2D eigenvalue weighted by Gasteiger charge is -2.17. The van der Waals surface area contributed by atoms with E-state index in [0.29, 0.717) is 6.04 Å². The molecule has 0 saturated heterocycles. The van der Waals surface area contributed by atoms with E-state index < -0.39 is 0 Å². The van der Waals surface area contributed by atoms with E-state index in [4.69, 9.17) is 0 Å². The fourth-order valence-electron chi connectivity index (χ4n) is 3.46. The lowest BCUT2D eigenvalue weighted by atomic mass is 10.1. The Morgan fingerprint density at radius 1 is 1.20 bits per heavy atom. The van der Waals surface area contributed by atoms with E-state index in [0.717, 1.165) is 18.7 Å². The molecule has 1 aromatic rings. The molecule has 0 aromatic heterocycles. The molecule has 3 aliphatic rings. The Morgan fingerprint density at radius 3 is 2.90 bits per heavy atom. The molecular formula is C17H20N2S. The van der Waals surface area contributed by atoms with Gasteiger partial charge in [-0.2, -0.15) is 0 Å². The highest BCUT2D eigenvalue weighted by atomic mass is 32.2. The molecule has 1 aliphatic heterocycles. The quantitative estimate of drug-likeness (QED) is 0.902. The van der Waals surface area contributed by atoms with Gasteiger partial charge in [0.1, 0.15) is 0 Å². The maximum Gasteiger partial charge on any atom is 0.0940 e. The zero-order valence-corrected chi connectivity index (χ0v) is 12.5. The lowest BCUT2D eigenvalue weighted by molar-refractivity contribution is 0.754. The summed E-state index contributed by atoms with van der Waals surface area (Å²) in [6.07, 6.45) is 8.80. The van der Waals surface area contributed by atoms with Crippen LogP contribution in [-0.2, 0) is 6.42 Å². The number of anilines is 1. The van der Waals surface area contributed by atoms with Gasteiger partial charge in [0.15, 0.2) is 0 Å². The third kappa shape index (κ3) is 2.28. The van der Waals surface area contributed by atoms with Crippen LogP contribution in [0.2, 0.25) is 0 Å². The summed E-state index contributed by atoms with van der Waals surface area (Å²) >= 11 is 1.91. The van der Waals surface area contributed by atoms with Crippen molar-refractivity contribution < 1.29 is 0 Å². The van der Waals surface area contributed by atoms with Crippen molar-refractivity contribution in [2.45, 2.75) is 38.1 Å². The van der Waals surface area contributed by atoms with Crippen LogP contribution in [-0.4, -0.2) is 23.4 Å². The summed E-state index contributed by atoms with van der Waals surface area (Å²) in [5.41, 5.74) is 5.63. The predicted molar refractivity (Wildman–Crippen MR) is 88.8 cm³/mol. The number of thioether (sulfide) groups is 1. The van der Waals surface area contributed by atoms with Crippen LogP contribution in [0, 0.1) is 0 Å². The van der Waals surface area contributed by atoms with E-state index in [2.05, 4.69) is 34.6 Å². The summed E-state index contributed by atoms with van der Waals surface area (Å²) in [5, 5.41) is 5.04. The molecular weight excluding hydrogens is 264 g/mol. The van der Waals surface area contributed by atoms with Crippen LogP contribution in [0.25, 0.3) is 6.08 Å². The van der Waals surface area contributed by atoms with Crippen LogP contribution in [0.1, 0.15) is 36.8 Å². The number of nitrogens with one attached hydrogen (secondary N) is 1. The first-order valence-electron chi connectivity index (χ1n) is 7.67. The fourth-order valence-corrected chi connectivity index (χ4v) is 4.33. The highest BCUT2D eigenvalue weighted by Gasteiger charge is 2.23. The number of nitrogens with zero attached hydrogens (tertiary/aromatic N) is 1. The zero-order chi connectivity index (χ0) is 13.4. The maximum atomic E-state index is 4.62. The van der Waals surface area contributed by atoms with Crippen molar-refractivity contribution in [2.24, 2.45) is 4.99 Å². The van der Waals surface area contributed by atoms with E-state index in [9.17, 15) is 0 Å². The smallest absolute Gasteiger partial charge is 0.0940 e. The summed E-state index contributed by atoms with van der Waals surface area (Å²) < 4.78 is 0. The number of hydrogen-bond donors (Lipinski definition) is 1. The second kappa shape index (κ2) is 5.28. The highest BCUT2D eigenvalue weighted by Crippen LogP contribution is 2.35. The van der Waals surface area contributed by atoms with E-state index >= 15 is 0 Å². The number of aliphatic imine (C=N–C) groups is 1. The van der Waals surface area contributed by atoms with Crippen LogP contribution in [0.5, 0.6) is 0 Å². The van der Waals surface area contributed by atoms with Gasteiger partial charge in [-0.25, -0.2) is 0 Å². The van der Waals surface area contributed by atoms with Gasteiger partial charge in [-0.3, -0.25) is 4.99 Å². The molecule has 0 amide bonds. The molecule has 2 aliphatic carbocycles. The molecule has 1 aromatic carbocycles. The first-order valence-corrected chi connectivity index (χ1v) is 8.65. The molecule has 2 nitrogen and oxygen atoms in total.